The monoisotopic (exact) mass is 213 g/mol. The third-order valence-electron chi connectivity index (χ3n) is 2.78. The maximum atomic E-state index is 11.4. The number of rotatable bonds is 5. The number of ether oxygens (including phenoxy) is 1. The molecule has 0 bridgehead atoms. The summed E-state index contributed by atoms with van der Waals surface area (Å²) in [6, 6.07) is 0.243. The summed E-state index contributed by atoms with van der Waals surface area (Å²) in [5.41, 5.74) is 0. The SMILES string of the molecule is CCOC(=O)CCC1CCC(=O)N1CC. The first-order valence-electron chi connectivity index (χ1n) is 5.64. The average molecular weight is 213 g/mol. The summed E-state index contributed by atoms with van der Waals surface area (Å²) in [6.45, 7) is 4.95. The van der Waals surface area contributed by atoms with Gasteiger partial charge in [0.1, 0.15) is 0 Å². The van der Waals surface area contributed by atoms with Crippen molar-refractivity contribution in [3.05, 3.63) is 0 Å². The lowest BCUT2D eigenvalue weighted by molar-refractivity contribution is -0.143. The van der Waals surface area contributed by atoms with Crippen LogP contribution in [0.5, 0.6) is 0 Å². The van der Waals surface area contributed by atoms with Gasteiger partial charge in [0.2, 0.25) is 5.91 Å². The molecule has 0 spiro atoms. The first-order chi connectivity index (χ1) is 7.19. The maximum Gasteiger partial charge on any atom is 0.305 e. The van der Waals surface area contributed by atoms with Crippen molar-refractivity contribution < 1.29 is 14.3 Å². The highest BCUT2D eigenvalue weighted by Gasteiger charge is 2.29. The van der Waals surface area contributed by atoms with Gasteiger partial charge in [-0.3, -0.25) is 9.59 Å². The van der Waals surface area contributed by atoms with Crippen LogP contribution in [0.25, 0.3) is 0 Å². The standard InChI is InChI=1S/C11H19NO3/c1-3-12-9(5-7-10(12)13)6-8-11(14)15-4-2/h9H,3-8H2,1-2H3. The van der Waals surface area contributed by atoms with Crippen LogP contribution < -0.4 is 0 Å². The van der Waals surface area contributed by atoms with Gasteiger partial charge < -0.3 is 9.64 Å². The molecule has 1 saturated heterocycles. The Hall–Kier alpha value is -1.06. The van der Waals surface area contributed by atoms with E-state index in [9.17, 15) is 9.59 Å². The first kappa shape index (κ1) is 12.0. The largest absolute Gasteiger partial charge is 0.466 e. The molecule has 1 atom stereocenters. The minimum atomic E-state index is -0.159. The van der Waals surface area contributed by atoms with E-state index in [1.807, 2.05) is 11.8 Å². The van der Waals surface area contributed by atoms with Gasteiger partial charge >= 0.3 is 5.97 Å². The fraction of sp³-hybridized carbons (Fsp3) is 0.818. The molecule has 1 amide bonds. The van der Waals surface area contributed by atoms with Crippen molar-refractivity contribution in [2.75, 3.05) is 13.2 Å². The van der Waals surface area contributed by atoms with E-state index in [0.29, 0.717) is 19.4 Å². The third-order valence-corrected chi connectivity index (χ3v) is 2.78. The van der Waals surface area contributed by atoms with Crippen molar-refractivity contribution >= 4 is 11.9 Å². The number of carbonyl (C=O) groups excluding carboxylic acids is 2. The van der Waals surface area contributed by atoms with Crippen molar-refractivity contribution in [3.8, 4) is 0 Å². The number of amides is 1. The van der Waals surface area contributed by atoms with Crippen LogP contribution in [0.4, 0.5) is 0 Å². The van der Waals surface area contributed by atoms with Crippen LogP contribution in [0, 0.1) is 0 Å². The molecule has 1 aliphatic heterocycles. The quantitative estimate of drug-likeness (QED) is 0.647. The van der Waals surface area contributed by atoms with Crippen molar-refractivity contribution in [2.45, 2.75) is 45.6 Å². The van der Waals surface area contributed by atoms with Crippen LogP contribution in [0.15, 0.2) is 0 Å². The second-order valence-corrected chi connectivity index (χ2v) is 3.72. The second kappa shape index (κ2) is 5.73. The van der Waals surface area contributed by atoms with E-state index in [-0.39, 0.29) is 17.9 Å². The average Bonchev–Trinajstić information content (AvgIpc) is 2.56. The molecule has 1 aliphatic rings. The molecular formula is C11H19NO3. The second-order valence-electron chi connectivity index (χ2n) is 3.72. The highest BCUT2D eigenvalue weighted by Crippen LogP contribution is 2.22. The van der Waals surface area contributed by atoms with Gasteiger partial charge in [-0.05, 0) is 26.7 Å². The Balaban J connectivity index is 2.32. The number of nitrogens with zero attached hydrogens (tertiary/aromatic N) is 1. The molecule has 15 heavy (non-hydrogen) atoms. The summed E-state index contributed by atoms with van der Waals surface area (Å²) >= 11 is 0. The van der Waals surface area contributed by atoms with Crippen molar-refractivity contribution in [2.24, 2.45) is 0 Å². The van der Waals surface area contributed by atoms with E-state index in [2.05, 4.69) is 0 Å². The van der Waals surface area contributed by atoms with Crippen molar-refractivity contribution in [1.29, 1.82) is 0 Å². The molecule has 1 unspecified atom stereocenters. The molecule has 0 N–H and O–H groups in total. The smallest absolute Gasteiger partial charge is 0.305 e. The van der Waals surface area contributed by atoms with Crippen LogP contribution in [0.3, 0.4) is 0 Å². The van der Waals surface area contributed by atoms with E-state index in [1.165, 1.54) is 0 Å². The first-order valence-corrected chi connectivity index (χ1v) is 5.64. The summed E-state index contributed by atoms with van der Waals surface area (Å²) in [6.07, 6.45) is 2.66. The summed E-state index contributed by atoms with van der Waals surface area (Å²) in [7, 11) is 0. The molecule has 0 aliphatic carbocycles. The predicted octanol–water partition coefficient (Wildman–Crippen LogP) is 1.34. The Bertz CT molecular complexity index is 240. The van der Waals surface area contributed by atoms with Gasteiger partial charge in [-0.25, -0.2) is 0 Å². The molecule has 1 heterocycles. The van der Waals surface area contributed by atoms with E-state index >= 15 is 0 Å². The fourth-order valence-corrected chi connectivity index (χ4v) is 2.05. The Morgan fingerprint density at radius 1 is 1.53 bits per heavy atom. The molecule has 0 aromatic carbocycles. The van der Waals surface area contributed by atoms with Gasteiger partial charge in [0.15, 0.2) is 0 Å². The van der Waals surface area contributed by atoms with Crippen LogP contribution in [0.1, 0.15) is 39.5 Å². The molecule has 86 valence electrons. The number of carbonyl (C=O) groups is 2. The lowest BCUT2D eigenvalue weighted by Gasteiger charge is -2.22. The molecule has 0 radical (unpaired) electrons. The van der Waals surface area contributed by atoms with Crippen LogP contribution in [-0.4, -0.2) is 36.0 Å². The van der Waals surface area contributed by atoms with Gasteiger partial charge in [0.05, 0.1) is 6.61 Å². The zero-order chi connectivity index (χ0) is 11.3. The molecule has 1 fully saturated rings. The molecule has 0 aromatic rings. The lowest BCUT2D eigenvalue weighted by atomic mass is 10.1. The van der Waals surface area contributed by atoms with E-state index in [4.69, 9.17) is 4.74 Å². The summed E-state index contributed by atoms with van der Waals surface area (Å²) < 4.78 is 4.86. The van der Waals surface area contributed by atoms with Gasteiger partial charge in [0.25, 0.3) is 0 Å². The zero-order valence-electron chi connectivity index (χ0n) is 9.49. The van der Waals surface area contributed by atoms with Gasteiger partial charge in [-0.2, -0.15) is 0 Å². The topological polar surface area (TPSA) is 46.6 Å². The van der Waals surface area contributed by atoms with Crippen molar-refractivity contribution in [1.82, 2.24) is 4.90 Å². The molecule has 0 saturated carbocycles. The van der Waals surface area contributed by atoms with Gasteiger partial charge in [-0.1, -0.05) is 0 Å². The van der Waals surface area contributed by atoms with Gasteiger partial charge in [-0.15, -0.1) is 0 Å². The number of likely N-dealkylation sites (tertiary alicyclic amines) is 1. The molecule has 4 heteroatoms. The summed E-state index contributed by atoms with van der Waals surface area (Å²) in [5.74, 6) is 0.0549. The summed E-state index contributed by atoms with van der Waals surface area (Å²) in [5, 5.41) is 0. The molecular weight excluding hydrogens is 194 g/mol. The molecule has 4 nitrogen and oxygen atoms in total. The lowest BCUT2D eigenvalue weighted by Crippen LogP contribution is -2.33. The highest BCUT2D eigenvalue weighted by molar-refractivity contribution is 5.78. The number of hydrogen-bond acceptors (Lipinski definition) is 3. The highest BCUT2D eigenvalue weighted by atomic mass is 16.5. The Kier molecular flexibility index (Phi) is 4.59. The van der Waals surface area contributed by atoms with Gasteiger partial charge in [0, 0.05) is 25.4 Å². The van der Waals surface area contributed by atoms with Crippen LogP contribution in [-0.2, 0) is 14.3 Å². The van der Waals surface area contributed by atoms with Crippen LogP contribution >= 0.6 is 0 Å². The zero-order valence-corrected chi connectivity index (χ0v) is 9.49. The Morgan fingerprint density at radius 3 is 2.87 bits per heavy atom. The minimum absolute atomic E-state index is 0.159. The van der Waals surface area contributed by atoms with E-state index in [1.54, 1.807) is 6.92 Å². The minimum Gasteiger partial charge on any atom is -0.466 e. The Labute approximate surface area is 90.6 Å². The Morgan fingerprint density at radius 2 is 2.27 bits per heavy atom. The van der Waals surface area contributed by atoms with E-state index < -0.39 is 0 Å². The normalized spacial score (nSPS) is 20.8. The molecule has 0 aromatic heterocycles. The predicted molar refractivity (Wildman–Crippen MR) is 56.3 cm³/mol. The number of esters is 1. The third kappa shape index (κ3) is 3.22. The van der Waals surface area contributed by atoms with Crippen LogP contribution in [0.2, 0.25) is 0 Å². The summed E-state index contributed by atoms with van der Waals surface area (Å²) in [4.78, 5) is 24.4. The molecule has 1 rings (SSSR count). The fourth-order valence-electron chi connectivity index (χ4n) is 2.05. The number of hydrogen-bond donors (Lipinski definition) is 0. The maximum absolute atomic E-state index is 11.4. The van der Waals surface area contributed by atoms with Crippen molar-refractivity contribution in [3.63, 3.8) is 0 Å². The van der Waals surface area contributed by atoms with E-state index in [0.717, 1.165) is 19.4 Å².